The van der Waals surface area contributed by atoms with Gasteiger partial charge in [-0.25, -0.2) is 4.79 Å². The number of carbonyl (C=O) groups is 1. The molecule has 2 aromatic rings. The first-order valence-corrected chi connectivity index (χ1v) is 6.43. The molecule has 0 radical (unpaired) electrons. The van der Waals surface area contributed by atoms with Gasteiger partial charge in [-0.2, -0.15) is 0 Å². The highest BCUT2D eigenvalue weighted by molar-refractivity contribution is 5.92. The maximum Gasteiger partial charge on any atom is 0.345 e. The van der Waals surface area contributed by atoms with Crippen molar-refractivity contribution >= 4 is 5.97 Å². The number of aromatic nitrogens is 1. The number of rotatable bonds is 4. The van der Waals surface area contributed by atoms with Crippen LogP contribution < -0.4 is 4.74 Å². The van der Waals surface area contributed by atoms with E-state index >= 15 is 0 Å². The lowest BCUT2D eigenvalue weighted by Crippen LogP contribution is -2.12. The van der Waals surface area contributed by atoms with Crippen LogP contribution in [0, 0.1) is 6.92 Å². The van der Waals surface area contributed by atoms with Crippen molar-refractivity contribution in [3.8, 4) is 5.75 Å². The van der Waals surface area contributed by atoms with Crippen molar-refractivity contribution in [3.63, 3.8) is 0 Å². The molecule has 19 heavy (non-hydrogen) atoms. The smallest absolute Gasteiger partial charge is 0.345 e. The minimum atomic E-state index is -0.347. The molecule has 3 nitrogen and oxygen atoms in total. The molecule has 0 unspecified atom stereocenters. The van der Waals surface area contributed by atoms with Gasteiger partial charge in [-0.3, -0.25) is 4.98 Å². The molecule has 1 aromatic carbocycles. The summed E-state index contributed by atoms with van der Waals surface area (Å²) >= 11 is 0. The van der Waals surface area contributed by atoms with E-state index in [-0.39, 0.29) is 5.97 Å². The highest BCUT2D eigenvalue weighted by atomic mass is 16.5. The van der Waals surface area contributed by atoms with Gasteiger partial charge in [-0.15, -0.1) is 0 Å². The molecule has 0 saturated carbocycles. The first-order valence-electron chi connectivity index (χ1n) is 6.43. The third-order valence-electron chi connectivity index (χ3n) is 2.83. The number of benzene rings is 1. The highest BCUT2D eigenvalue weighted by Gasteiger charge is 2.13. The standard InChI is InChI=1S/C16H17NO2/c1-3-5-15-14(6-4-11-17-15)16(18)19-13-9-7-12(2)8-10-13/h4,6-11H,3,5H2,1-2H3. The van der Waals surface area contributed by atoms with Gasteiger partial charge in [0.2, 0.25) is 0 Å². The first kappa shape index (κ1) is 13.3. The minimum absolute atomic E-state index is 0.347. The molecule has 0 spiro atoms. The van der Waals surface area contributed by atoms with Crippen LogP contribution in [0.4, 0.5) is 0 Å². The number of aryl methyl sites for hydroxylation is 2. The quantitative estimate of drug-likeness (QED) is 0.619. The largest absolute Gasteiger partial charge is 0.423 e. The van der Waals surface area contributed by atoms with Gasteiger partial charge in [0.05, 0.1) is 11.3 Å². The summed E-state index contributed by atoms with van der Waals surface area (Å²) in [5, 5.41) is 0. The Bertz CT molecular complexity index is 561. The fourth-order valence-electron chi connectivity index (χ4n) is 1.83. The monoisotopic (exact) mass is 255 g/mol. The zero-order chi connectivity index (χ0) is 13.7. The molecule has 0 fully saturated rings. The summed E-state index contributed by atoms with van der Waals surface area (Å²) in [6.45, 7) is 4.05. The van der Waals surface area contributed by atoms with Crippen molar-refractivity contribution in [2.45, 2.75) is 26.7 Å². The van der Waals surface area contributed by atoms with Gasteiger partial charge < -0.3 is 4.74 Å². The predicted octanol–water partition coefficient (Wildman–Crippen LogP) is 3.56. The Morgan fingerprint density at radius 3 is 2.63 bits per heavy atom. The van der Waals surface area contributed by atoms with Gasteiger partial charge in [-0.1, -0.05) is 31.0 Å². The fraction of sp³-hybridized carbons (Fsp3) is 0.250. The van der Waals surface area contributed by atoms with Crippen LogP contribution in [0.1, 0.15) is 35.0 Å². The van der Waals surface area contributed by atoms with E-state index in [1.54, 1.807) is 30.5 Å². The second-order valence-corrected chi connectivity index (χ2v) is 4.45. The summed E-state index contributed by atoms with van der Waals surface area (Å²) in [6, 6.07) is 10.9. The zero-order valence-corrected chi connectivity index (χ0v) is 11.2. The first-order chi connectivity index (χ1) is 9.20. The summed E-state index contributed by atoms with van der Waals surface area (Å²) in [6.07, 6.45) is 3.43. The number of carbonyl (C=O) groups excluding carboxylic acids is 1. The molecule has 0 bridgehead atoms. The molecular weight excluding hydrogens is 238 g/mol. The average molecular weight is 255 g/mol. The van der Waals surface area contributed by atoms with Crippen molar-refractivity contribution in [1.29, 1.82) is 0 Å². The molecule has 1 aromatic heterocycles. The third kappa shape index (κ3) is 3.41. The van der Waals surface area contributed by atoms with E-state index in [1.165, 1.54) is 0 Å². The van der Waals surface area contributed by atoms with E-state index in [1.807, 2.05) is 19.1 Å². The Morgan fingerprint density at radius 2 is 1.95 bits per heavy atom. The second kappa shape index (κ2) is 6.14. The van der Waals surface area contributed by atoms with Gasteiger partial charge in [0, 0.05) is 6.20 Å². The maximum atomic E-state index is 12.1. The number of nitrogens with zero attached hydrogens (tertiary/aromatic N) is 1. The minimum Gasteiger partial charge on any atom is -0.423 e. The normalized spacial score (nSPS) is 10.2. The molecule has 1 heterocycles. The van der Waals surface area contributed by atoms with E-state index in [0.29, 0.717) is 11.3 Å². The van der Waals surface area contributed by atoms with Gasteiger partial charge in [-0.05, 0) is 37.6 Å². The van der Waals surface area contributed by atoms with Crippen LogP contribution in [0.3, 0.4) is 0 Å². The third-order valence-corrected chi connectivity index (χ3v) is 2.83. The lowest BCUT2D eigenvalue weighted by molar-refractivity contribution is 0.0733. The van der Waals surface area contributed by atoms with Crippen LogP contribution in [0.2, 0.25) is 0 Å². The second-order valence-electron chi connectivity index (χ2n) is 4.45. The van der Waals surface area contributed by atoms with Gasteiger partial charge in [0.15, 0.2) is 0 Å². The Balaban J connectivity index is 2.18. The Hall–Kier alpha value is -2.16. The zero-order valence-electron chi connectivity index (χ0n) is 11.2. The highest BCUT2D eigenvalue weighted by Crippen LogP contribution is 2.15. The molecular formula is C16H17NO2. The maximum absolute atomic E-state index is 12.1. The van der Waals surface area contributed by atoms with Crippen molar-refractivity contribution in [2.75, 3.05) is 0 Å². The Labute approximate surface area is 113 Å². The molecule has 3 heteroatoms. The van der Waals surface area contributed by atoms with Crippen LogP contribution in [0.15, 0.2) is 42.6 Å². The van der Waals surface area contributed by atoms with E-state index in [9.17, 15) is 4.79 Å². The van der Waals surface area contributed by atoms with Crippen molar-refractivity contribution < 1.29 is 9.53 Å². The summed E-state index contributed by atoms with van der Waals surface area (Å²) in [5.41, 5.74) is 2.47. The number of ether oxygens (including phenoxy) is 1. The molecule has 0 aliphatic heterocycles. The molecule has 0 N–H and O–H groups in total. The number of esters is 1. The summed E-state index contributed by atoms with van der Waals surface area (Å²) in [5.74, 6) is 0.210. The lowest BCUT2D eigenvalue weighted by atomic mass is 10.1. The number of hydrogen-bond acceptors (Lipinski definition) is 3. The summed E-state index contributed by atoms with van der Waals surface area (Å²) in [4.78, 5) is 16.4. The summed E-state index contributed by atoms with van der Waals surface area (Å²) < 4.78 is 5.36. The molecule has 0 aliphatic carbocycles. The lowest BCUT2D eigenvalue weighted by Gasteiger charge is -2.08. The van der Waals surface area contributed by atoms with Crippen LogP contribution in [0.5, 0.6) is 5.75 Å². The van der Waals surface area contributed by atoms with Crippen molar-refractivity contribution in [2.24, 2.45) is 0 Å². The number of hydrogen-bond donors (Lipinski definition) is 0. The summed E-state index contributed by atoms with van der Waals surface area (Å²) in [7, 11) is 0. The molecule has 0 amide bonds. The average Bonchev–Trinajstić information content (AvgIpc) is 2.42. The SMILES string of the molecule is CCCc1ncccc1C(=O)Oc1ccc(C)cc1. The van der Waals surface area contributed by atoms with Gasteiger partial charge in [0.25, 0.3) is 0 Å². The Kier molecular flexibility index (Phi) is 4.29. The van der Waals surface area contributed by atoms with Gasteiger partial charge in [0.1, 0.15) is 5.75 Å². The van der Waals surface area contributed by atoms with E-state index in [4.69, 9.17) is 4.74 Å². The molecule has 0 saturated heterocycles. The fourth-order valence-corrected chi connectivity index (χ4v) is 1.83. The van der Waals surface area contributed by atoms with E-state index < -0.39 is 0 Å². The van der Waals surface area contributed by atoms with Crippen molar-refractivity contribution in [1.82, 2.24) is 4.98 Å². The Morgan fingerprint density at radius 1 is 1.21 bits per heavy atom. The molecule has 0 atom stereocenters. The predicted molar refractivity (Wildman–Crippen MR) is 74.4 cm³/mol. The van der Waals surface area contributed by atoms with Crippen LogP contribution in [-0.2, 0) is 6.42 Å². The topological polar surface area (TPSA) is 39.2 Å². The van der Waals surface area contributed by atoms with Crippen LogP contribution in [0.25, 0.3) is 0 Å². The van der Waals surface area contributed by atoms with Crippen LogP contribution >= 0.6 is 0 Å². The van der Waals surface area contributed by atoms with Gasteiger partial charge >= 0.3 is 5.97 Å². The van der Waals surface area contributed by atoms with E-state index in [0.717, 1.165) is 24.1 Å². The van der Waals surface area contributed by atoms with E-state index in [2.05, 4.69) is 11.9 Å². The molecule has 0 aliphatic rings. The molecule has 2 rings (SSSR count). The number of pyridine rings is 1. The van der Waals surface area contributed by atoms with Crippen molar-refractivity contribution in [3.05, 3.63) is 59.4 Å². The van der Waals surface area contributed by atoms with Crippen LogP contribution in [-0.4, -0.2) is 11.0 Å². The molecule has 98 valence electrons.